The summed E-state index contributed by atoms with van der Waals surface area (Å²) in [6.07, 6.45) is 12.9. The normalized spacial score (nSPS) is 34.8. The zero-order chi connectivity index (χ0) is 11.7. The predicted molar refractivity (Wildman–Crippen MR) is 72.2 cm³/mol. The maximum atomic E-state index is 3.91. The molecular weight excluding hydrogens is 208 g/mol. The Hall–Kier alpha value is -0.0800. The molecule has 3 rings (SSSR count). The Morgan fingerprint density at radius 2 is 1.82 bits per heavy atom. The molecule has 0 aromatic carbocycles. The Labute approximate surface area is 106 Å². The van der Waals surface area contributed by atoms with Gasteiger partial charge in [-0.2, -0.15) is 0 Å². The summed E-state index contributed by atoms with van der Waals surface area (Å²) in [5.41, 5.74) is 0.508. The summed E-state index contributed by atoms with van der Waals surface area (Å²) in [6, 6.07) is 1.73. The largest absolute Gasteiger partial charge is 0.308 e. The monoisotopic (exact) mass is 236 g/mol. The van der Waals surface area contributed by atoms with E-state index in [0.29, 0.717) is 5.54 Å². The topological polar surface area (TPSA) is 15.3 Å². The summed E-state index contributed by atoms with van der Waals surface area (Å²) in [5, 5.41) is 3.91. The Balaban J connectivity index is 1.72. The number of rotatable bonds is 2. The molecule has 98 valence electrons. The van der Waals surface area contributed by atoms with Crippen LogP contribution in [0.25, 0.3) is 0 Å². The van der Waals surface area contributed by atoms with Crippen molar-refractivity contribution in [1.82, 2.24) is 10.2 Å². The first-order chi connectivity index (χ1) is 8.33. The van der Waals surface area contributed by atoms with Crippen molar-refractivity contribution in [3.8, 4) is 0 Å². The van der Waals surface area contributed by atoms with E-state index in [1.54, 1.807) is 0 Å². The van der Waals surface area contributed by atoms with E-state index in [1.807, 2.05) is 0 Å². The highest BCUT2D eigenvalue weighted by Crippen LogP contribution is 2.36. The number of hydrogen-bond acceptors (Lipinski definition) is 2. The van der Waals surface area contributed by atoms with Gasteiger partial charge < -0.3 is 5.32 Å². The van der Waals surface area contributed by atoms with Crippen LogP contribution in [0, 0.1) is 0 Å². The molecule has 0 bridgehead atoms. The lowest BCUT2D eigenvalue weighted by Gasteiger charge is -2.49. The second-order valence-electron chi connectivity index (χ2n) is 6.54. The van der Waals surface area contributed by atoms with Crippen molar-refractivity contribution in [2.45, 2.75) is 82.3 Å². The van der Waals surface area contributed by atoms with Crippen LogP contribution in [0.4, 0.5) is 0 Å². The lowest BCUT2D eigenvalue weighted by atomic mass is 9.90. The molecule has 2 heteroatoms. The summed E-state index contributed by atoms with van der Waals surface area (Å²) >= 11 is 0. The Kier molecular flexibility index (Phi) is 3.45. The highest BCUT2D eigenvalue weighted by molar-refractivity contribution is 5.02. The zero-order valence-electron chi connectivity index (χ0n) is 11.4. The summed E-state index contributed by atoms with van der Waals surface area (Å²) < 4.78 is 0. The van der Waals surface area contributed by atoms with E-state index < -0.39 is 0 Å². The first-order valence-electron chi connectivity index (χ1n) is 7.84. The van der Waals surface area contributed by atoms with Crippen molar-refractivity contribution in [2.75, 3.05) is 13.1 Å². The number of nitrogens with zero attached hydrogens (tertiary/aromatic N) is 1. The highest BCUT2D eigenvalue weighted by atomic mass is 15.3. The first kappa shape index (κ1) is 12.0. The molecule has 1 saturated heterocycles. The molecule has 0 amide bonds. The molecule has 2 saturated carbocycles. The first-order valence-corrected chi connectivity index (χ1v) is 7.84. The fraction of sp³-hybridized carbons (Fsp3) is 1.00. The molecule has 1 aliphatic heterocycles. The lowest BCUT2D eigenvalue weighted by Crippen LogP contribution is -2.64. The lowest BCUT2D eigenvalue weighted by molar-refractivity contribution is 0.0427. The van der Waals surface area contributed by atoms with Gasteiger partial charge in [-0.05, 0) is 32.1 Å². The molecule has 1 heterocycles. The summed E-state index contributed by atoms with van der Waals surface area (Å²) in [4.78, 5) is 2.90. The minimum Gasteiger partial charge on any atom is -0.308 e. The molecule has 1 unspecified atom stereocenters. The minimum atomic E-state index is 0.508. The maximum Gasteiger partial charge on any atom is 0.0309 e. The van der Waals surface area contributed by atoms with E-state index in [1.165, 1.54) is 70.9 Å². The van der Waals surface area contributed by atoms with Gasteiger partial charge in [0.2, 0.25) is 0 Å². The van der Waals surface area contributed by atoms with E-state index in [-0.39, 0.29) is 0 Å². The van der Waals surface area contributed by atoms with Gasteiger partial charge in [0.1, 0.15) is 0 Å². The molecule has 1 atom stereocenters. The second kappa shape index (κ2) is 4.89. The molecule has 17 heavy (non-hydrogen) atoms. The standard InChI is InChI=1S/C15H28N2/c1-2-13-11-16-15(9-5-6-10-15)12-17(13)14-7-3-4-8-14/h13-14,16H,2-12H2,1H3. The van der Waals surface area contributed by atoms with Crippen molar-refractivity contribution in [3.63, 3.8) is 0 Å². The quantitative estimate of drug-likeness (QED) is 0.793. The van der Waals surface area contributed by atoms with E-state index in [9.17, 15) is 0 Å². The zero-order valence-corrected chi connectivity index (χ0v) is 11.4. The van der Waals surface area contributed by atoms with Gasteiger partial charge in [0.05, 0.1) is 0 Å². The molecule has 3 aliphatic rings. The number of piperazine rings is 1. The second-order valence-corrected chi connectivity index (χ2v) is 6.54. The van der Waals surface area contributed by atoms with Gasteiger partial charge >= 0.3 is 0 Å². The van der Waals surface area contributed by atoms with Crippen LogP contribution in [-0.4, -0.2) is 35.6 Å². The van der Waals surface area contributed by atoms with Gasteiger partial charge in [0.25, 0.3) is 0 Å². The SMILES string of the molecule is CCC1CNC2(CCCC2)CN1C1CCCC1. The maximum absolute atomic E-state index is 3.91. The van der Waals surface area contributed by atoms with Crippen LogP contribution in [0.5, 0.6) is 0 Å². The van der Waals surface area contributed by atoms with Crippen molar-refractivity contribution in [2.24, 2.45) is 0 Å². The van der Waals surface area contributed by atoms with Gasteiger partial charge in [0.15, 0.2) is 0 Å². The molecule has 1 spiro atoms. The number of nitrogens with one attached hydrogen (secondary N) is 1. The Bertz CT molecular complexity index is 250. The third-order valence-corrected chi connectivity index (χ3v) is 5.49. The van der Waals surface area contributed by atoms with Gasteiger partial charge in [-0.3, -0.25) is 4.90 Å². The summed E-state index contributed by atoms with van der Waals surface area (Å²) in [5.74, 6) is 0. The van der Waals surface area contributed by atoms with E-state index >= 15 is 0 Å². The van der Waals surface area contributed by atoms with Crippen LogP contribution in [0.2, 0.25) is 0 Å². The smallest absolute Gasteiger partial charge is 0.0309 e. The van der Waals surface area contributed by atoms with Gasteiger partial charge in [-0.25, -0.2) is 0 Å². The molecular formula is C15H28N2. The van der Waals surface area contributed by atoms with Crippen molar-refractivity contribution in [1.29, 1.82) is 0 Å². The van der Waals surface area contributed by atoms with Crippen molar-refractivity contribution < 1.29 is 0 Å². The fourth-order valence-electron chi connectivity index (χ4n) is 4.41. The van der Waals surface area contributed by atoms with Crippen LogP contribution >= 0.6 is 0 Å². The molecule has 2 aliphatic carbocycles. The summed E-state index contributed by atoms with van der Waals surface area (Å²) in [6.45, 7) is 4.95. The van der Waals surface area contributed by atoms with E-state index in [2.05, 4.69) is 17.1 Å². The minimum absolute atomic E-state index is 0.508. The molecule has 0 aromatic heterocycles. The molecule has 1 N–H and O–H groups in total. The van der Waals surface area contributed by atoms with Gasteiger partial charge in [0, 0.05) is 30.7 Å². The van der Waals surface area contributed by atoms with Crippen LogP contribution < -0.4 is 5.32 Å². The highest BCUT2D eigenvalue weighted by Gasteiger charge is 2.42. The predicted octanol–water partition coefficient (Wildman–Crippen LogP) is 2.93. The van der Waals surface area contributed by atoms with Gasteiger partial charge in [-0.15, -0.1) is 0 Å². The van der Waals surface area contributed by atoms with Crippen LogP contribution in [0.1, 0.15) is 64.7 Å². The number of hydrogen-bond donors (Lipinski definition) is 1. The molecule has 0 radical (unpaired) electrons. The average molecular weight is 236 g/mol. The van der Waals surface area contributed by atoms with Crippen LogP contribution in [-0.2, 0) is 0 Å². The van der Waals surface area contributed by atoms with Crippen LogP contribution in [0.3, 0.4) is 0 Å². The third kappa shape index (κ3) is 2.26. The van der Waals surface area contributed by atoms with E-state index in [4.69, 9.17) is 0 Å². The van der Waals surface area contributed by atoms with Crippen molar-refractivity contribution in [3.05, 3.63) is 0 Å². The molecule has 2 nitrogen and oxygen atoms in total. The van der Waals surface area contributed by atoms with Crippen molar-refractivity contribution >= 4 is 0 Å². The average Bonchev–Trinajstić information content (AvgIpc) is 3.00. The summed E-state index contributed by atoms with van der Waals surface area (Å²) in [7, 11) is 0. The van der Waals surface area contributed by atoms with E-state index in [0.717, 1.165) is 12.1 Å². The Morgan fingerprint density at radius 3 is 2.47 bits per heavy atom. The van der Waals surface area contributed by atoms with Crippen LogP contribution in [0.15, 0.2) is 0 Å². The molecule has 0 aromatic rings. The Morgan fingerprint density at radius 1 is 1.12 bits per heavy atom. The van der Waals surface area contributed by atoms with Gasteiger partial charge in [-0.1, -0.05) is 32.6 Å². The fourth-order valence-corrected chi connectivity index (χ4v) is 4.41. The third-order valence-electron chi connectivity index (χ3n) is 5.49. The molecule has 3 fully saturated rings.